The quantitative estimate of drug-likeness (QED) is 0.871. The van der Waals surface area contributed by atoms with Crippen LogP contribution in [0.4, 0.5) is 5.69 Å². The highest BCUT2D eigenvalue weighted by atomic mass is 35.5. The summed E-state index contributed by atoms with van der Waals surface area (Å²) in [6.45, 7) is 0. The predicted octanol–water partition coefficient (Wildman–Crippen LogP) is 2.20. The monoisotopic (exact) mass is 276 g/mol. The van der Waals surface area contributed by atoms with Crippen molar-refractivity contribution in [2.24, 2.45) is 7.05 Å². The molecule has 0 atom stereocenters. The second kappa shape index (κ2) is 5.71. The Bertz CT molecular complexity index is 665. The summed E-state index contributed by atoms with van der Waals surface area (Å²) in [5, 5.41) is 3.09. The van der Waals surface area contributed by atoms with Crippen molar-refractivity contribution in [1.29, 1.82) is 0 Å². The smallest absolute Gasteiger partial charge is 0.274 e. The summed E-state index contributed by atoms with van der Waals surface area (Å²) in [4.78, 5) is 22.2. The number of aryl methyl sites for hydroxylation is 1. The first-order chi connectivity index (χ1) is 9.10. The van der Waals surface area contributed by atoms with Crippen LogP contribution < -0.4 is 10.9 Å². The van der Waals surface area contributed by atoms with E-state index < -0.39 is 0 Å². The number of carbonyl (C=O) groups is 1. The molecule has 2 aromatic rings. The maximum Gasteiger partial charge on any atom is 0.274 e. The molecule has 0 radical (unpaired) electrons. The van der Waals surface area contributed by atoms with Crippen molar-refractivity contribution in [2.45, 2.75) is 6.42 Å². The summed E-state index contributed by atoms with van der Waals surface area (Å²) in [5.74, 6) is 0. The lowest BCUT2D eigenvalue weighted by atomic mass is 10.1. The van der Waals surface area contributed by atoms with E-state index in [9.17, 15) is 9.59 Å². The van der Waals surface area contributed by atoms with Crippen LogP contribution in [0.1, 0.15) is 11.1 Å². The van der Waals surface area contributed by atoms with Gasteiger partial charge in [-0.3, -0.25) is 9.59 Å². The van der Waals surface area contributed by atoms with E-state index in [1.165, 1.54) is 4.57 Å². The molecular formula is C14H13ClN2O2. The Kier molecular flexibility index (Phi) is 4.02. The second-order valence-electron chi connectivity index (χ2n) is 4.25. The van der Waals surface area contributed by atoms with Crippen LogP contribution in [-0.2, 0) is 18.3 Å². The maximum absolute atomic E-state index is 11.7. The number of aromatic nitrogens is 1. The molecule has 2 rings (SSSR count). The van der Waals surface area contributed by atoms with Crippen LogP contribution in [0.15, 0.2) is 41.3 Å². The molecule has 98 valence electrons. The zero-order valence-electron chi connectivity index (χ0n) is 10.4. The van der Waals surface area contributed by atoms with Gasteiger partial charge in [-0.15, -0.1) is 0 Å². The van der Waals surface area contributed by atoms with Gasteiger partial charge >= 0.3 is 0 Å². The molecule has 0 unspecified atom stereocenters. The molecule has 0 saturated heterocycles. The molecule has 4 nitrogen and oxygen atoms in total. The van der Waals surface area contributed by atoms with Crippen molar-refractivity contribution in [2.75, 3.05) is 5.32 Å². The van der Waals surface area contributed by atoms with E-state index >= 15 is 0 Å². The Balaban J connectivity index is 2.35. The standard InChI is InChI=1S/C14H13ClN2O2/c1-17-8-11(7-13(14(17)19)16-9-18)5-10-3-2-4-12(15)6-10/h2-4,6-9H,5H2,1H3,(H,16,18). The van der Waals surface area contributed by atoms with Crippen LogP contribution in [0, 0.1) is 0 Å². The van der Waals surface area contributed by atoms with Gasteiger partial charge < -0.3 is 9.88 Å². The SMILES string of the molecule is Cn1cc(Cc2cccc(Cl)c2)cc(NC=O)c1=O. The Labute approximate surface area is 115 Å². The highest BCUT2D eigenvalue weighted by Crippen LogP contribution is 2.15. The van der Waals surface area contributed by atoms with Crippen molar-refractivity contribution in [3.05, 3.63) is 63.0 Å². The summed E-state index contributed by atoms with van der Waals surface area (Å²) < 4.78 is 1.45. The number of benzene rings is 1. The second-order valence-corrected chi connectivity index (χ2v) is 4.68. The summed E-state index contributed by atoms with van der Waals surface area (Å²) in [6, 6.07) is 9.20. The summed E-state index contributed by atoms with van der Waals surface area (Å²) in [7, 11) is 1.65. The van der Waals surface area contributed by atoms with Gasteiger partial charge in [0.15, 0.2) is 0 Å². The van der Waals surface area contributed by atoms with Crippen LogP contribution in [-0.4, -0.2) is 11.0 Å². The molecule has 1 amide bonds. The lowest BCUT2D eigenvalue weighted by Gasteiger charge is -2.08. The molecule has 0 fully saturated rings. The molecule has 0 bridgehead atoms. The first kappa shape index (κ1) is 13.4. The fourth-order valence-corrected chi connectivity index (χ4v) is 2.14. The molecule has 0 aliphatic carbocycles. The van der Waals surface area contributed by atoms with E-state index in [0.717, 1.165) is 11.1 Å². The topological polar surface area (TPSA) is 51.1 Å². The van der Waals surface area contributed by atoms with Crippen LogP contribution >= 0.6 is 11.6 Å². The average molecular weight is 277 g/mol. The van der Waals surface area contributed by atoms with Gasteiger partial charge in [0.25, 0.3) is 5.56 Å². The number of anilines is 1. The average Bonchev–Trinajstić information content (AvgIpc) is 2.35. The number of pyridine rings is 1. The van der Waals surface area contributed by atoms with Gasteiger partial charge in [-0.25, -0.2) is 0 Å². The van der Waals surface area contributed by atoms with Gasteiger partial charge in [-0.05, 0) is 35.7 Å². The number of hydrogen-bond donors (Lipinski definition) is 1. The normalized spacial score (nSPS) is 10.2. The fraction of sp³-hybridized carbons (Fsp3) is 0.143. The van der Waals surface area contributed by atoms with Crippen molar-refractivity contribution in [3.8, 4) is 0 Å². The van der Waals surface area contributed by atoms with E-state index in [1.54, 1.807) is 19.3 Å². The Morgan fingerprint density at radius 1 is 1.32 bits per heavy atom. The molecule has 19 heavy (non-hydrogen) atoms. The lowest BCUT2D eigenvalue weighted by molar-refractivity contribution is -0.105. The van der Waals surface area contributed by atoms with Gasteiger partial charge in [-0.2, -0.15) is 0 Å². The van der Waals surface area contributed by atoms with E-state index in [1.807, 2.05) is 24.3 Å². The number of amides is 1. The number of hydrogen-bond acceptors (Lipinski definition) is 2. The highest BCUT2D eigenvalue weighted by molar-refractivity contribution is 6.30. The minimum atomic E-state index is -0.234. The minimum absolute atomic E-state index is 0.234. The predicted molar refractivity (Wildman–Crippen MR) is 75.6 cm³/mol. The summed E-state index contributed by atoms with van der Waals surface area (Å²) in [6.07, 6.45) is 2.89. The number of rotatable bonds is 4. The molecule has 1 aromatic heterocycles. The largest absolute Gasteiger partial charge is 0.324 e. The van der Waals surface area contributed by atoms with Crippen molar-refractivity contribution in [1.82, 2.24) is 4.57 Å². The molecular weight excluding hydrogens is 264 g/mol. The van der Waals surface area contributed by atoms with Crippen molar-refractivity contribution in [3.63, 3.8) is 0 Å². The zero-order chi connectivity index (χ0) is 13.8. The number of nitrogens with one attached hydrogen (secondary N) is 1. The highest BCUT2D eigenvalue weighted by Gasteiger charge is 2.05. The van der Waals surface area contributed by atoms with Gasteiger partial charge in [0.2, 0.25) is 6.41 Å². The van der Waals surface area contributed by atoms with E-state index in [0.29, 0.717) is 17.9 Å². The van der Waals surface area contributed by atoms with E-state index in [-0.39, 0.29) is 11.2 Å². The summed E-state index contributed by atoms with van der Waals surface area (Å²) in [5.41, 5.74) is 2.01. The first-order valence-electron chi connectivity index (χ1n) is 5.74. The third kappa shape index (κ3) is 3.23. The van der Waals surface area contributed by atoms with Gasteiger partial charge in [0.1, 0.15) is 5.69 Å². The summed E-state index contributed by atoms with van der Waals surface area (Å²) >= 11 is 5.93. The molecule has 1 N–H and O–H groups in total. The van der Waals surface area contributed by atoms with Crippen molar-refractivity contribution < 1.29 is 4.79 Å². The van der Waals surface area contributed by atoms with E-state index in [4.69, 9.17) is 11.6 Å². The number of nitrogens with zero attached hydrogens (tertiary/aromatic N) is 1. The third-order valence-corrected chi connectivity index (χ3v) is 2.99. The van der Waals surface area contributed by atoms with Crippen molar-refractivity contribution >= 4 is 23.7 Å². The van der Waals surface area contributed by atoms with Gasteiger partial charge in [0.05, 0.1) is 0 Å². The molecule has 0 aliphatic heterocycles. The van der Waals surface area contributed by atoms with E-state index in [2.05, 4.69) is 5.32 Å². The molecule has 1 aromatic carbocycles. The van der Waals surface area contributed by atoms with Gasteiger partial charge in [-0.1, -0.05) is 23.7 Å². The fourth-order valence-electron chi connectivity index (χ4n) is 1.93. The Morgan fingerprint density at radius 2 is 2.11 bits per heavy atom. The molecule has 1 heterocycles. The number of carbonyl (C=O) groups excluding carboxylic acids is 1. The van der Waals surface area contributed by atoms with Crippen LogP contribution in [0.2, 0.25) is 5.02 Å². The van der Waals surface area contributed by atoms with Crippen LogP contribution in [0.3, 0.4) is 0 Å². The molecule has 5 heteroatoms. The molecule has 0 saturated carbocycles. The first-order valence-corrected chi connectivity index (χ1v) is 6.12. The van der Waals surface area contributed by atoms with Gasteiger partial charge in [0, 0.05) is 18.3 Å². The lowest BCUT2D eigenvalue weighted by Crippen LogP contribution is -2.21. The Morgan fingerprint density at radius 3 is 2.79 bits per heavy atom. The molecule has 0 spiro atoms. The molecule has 0 aliphatic rings. The maximum atomic E-state index is 11.7. The zero-order valence-corrected chi connectivity index (χ0v) is 11.1. The van der Waals surface area contributed by atoms with Crippen LogP contribution in [0.25, 0.3) is 0 Å². The minimum Gasteiger partial charge on any atom is -0.324 e. The third-order valence-electron chi connectivity index (χ3n) is 2.75. The van der Waals surface area contributed by atoms with Crippen LogP contribution in [0.5, 0.6) is 0 Å². The number of halogens is 1. The Hall–Kier alpha value is -2.07.